The molecule has 0 bridgehead atoms. The van der Waals surface area contributed by atoms with Gasteiger partial charge in [-0.2, -0.15) is 0 Å². The van der Waals surface area contributed by atoms with Gasteiger partial charge in [-0.25, -0.2) is 0 Å². The van der Waals surface area contributed by atoms with Gasteiger partial charge in [0, 0.05) is 6.04 Å². The van der Waals surface area contributed by atoms with Crippen LogP contribution in [-0.4, -0.2) is 25.2 Å². The number of carbonyl (C=O) groups excluding carboxylic acids is 1. The second-order valence-corrected chi connectivity index (χ2v) is 4.21. The molecule has 3 nitrogen and oxygen atoms in total. The number of esters is 1. The van der Waals surface area contributed by atoms with E-state index in [1.807, 2.05) is 0 Å². The van der Waals surface area contributed by atoms with E-state index in [0.29, 0.717) is 25.1 Å². The molecule has 1 N–H and O–H groups in total. The van der Waals surface area contributed by atoms with Crippen molar-refractivity contribution in [3.63, 3.8) is 0 Å². The van der Waals surface area contributed by atoms with Gasteiger partial charge in [0.1, 0.15) is 0 Å². The molecule has 0 aliphatic heterocycles. The molecule has 0 spiro atoms. The number of unbranched alkanes of at least 4 members (excludes halogenated alkanes) is 1. The van der Waals surface area contributed by atoms with Crippen molar-refractivity contribution >= 4 is 5.97 Å². The van der Waals surface area contributed by atoms with Crippen molar-refractivity contribution in [1.29, 1.82) is 0 Å². The Hall–Kier alpha value is -0.570. The Balaban J connectivity index is 3.59. The lowest BCUT2D eigenvalue weighted by atomic mass is 10.0. The van der Waals surface area contributed by atoms with Crippen molar-refractivity contribution in [2.24, 2.45) is 5.92 Å². The largest absolute Gasteiger partial charge is 0.465 e. The van der Waals surface area contributed by atoms with Crippen molar-refractivity contribution in [2.45, 2.75) is 53.0 Å². The predicted octanol–water partition coefficient (Wildman–Crippen LogP) is 2.35. The molecule has 0 aliphatic rings. The van der Waals surface area contributed by atoms with Crippen LogP contribution in [0.5, 0.6) is 0 Å². The molecular formula is C12H25NO2. The second kappa shape index (κ2) is 8.72. The molecule has 0 aromatic carbocycles. The van der Waals surface area contributed by atoms with Crippen LogP contribution in [-0.2, 0) is 9.53 Å². The van der Waals surface area contributed by atoms with Gasteiger partial charge in [0.15, 0.2) is 0 Å². The Morgan fingerprint density at radius 3 is 2.47 bits per heavy atom. The van der Waals surface area contributed by atoms with E-state index >= 15 is 0 Å². The molecule has 3 heteroatoms. The number of hydrogen-bond acceptors (Lipinski definition) is 3. The Bertz CT molecular complexity index is 169. The van der Waals surface area contributed by atoms with Gasteiger partial charge in [0.2, 0.25) is 0 Å². The minimum Gasteiger partial charge on any atom is -0.465 e. The molecule has 0 heterocycles. The van der Waals surface area contributed by atoms with Gasteiger partial charge in [-0.1, -0.05) is 34.1 Å². The van der Waals surface area contributed by atoms with E-state index in [0.717, 1.165) is 19.3 Å². The standard InChI is InChI=1S/C12H25NO2/c1-5-7-8-15-12(14)9-13-11(6-2)10(3)4/h10-11,13H,5-9H2,1-4H3. The summed E-state index contributed by atoms with van der Waals surface area (Å²) in [6.07, 6.45) is 3.05. The number of carbonyl (C=O) groups is 1. The van der Waals surface area contributed by atoms with Crippen LogP contribution in [0.2, 0.25) is 0 Å². The molecule has 15 heavy (non-hydrogen) atoms. The number of hydrogen-bond donors (Lipinski definition) is 1. The van der Waals surface area contributed by atoms with Crippen molar-refractivity contribution in [1.82, 2.24) is 5.32 Å². The molecule has 0 amide bonds. The van der Waals surface area contributed by atoms with Gasteiger partial charge in [0.25, 0.3) is 0 Å². The summed E-state index contributed by atoms with van der Waals surface area (Å²) < 4.78 is 5.06. The van der Waals surface area contributed by atoms with Crippen LogP contribution in [0.3, 0.4) is 0 Å². The molecule has 0 aromatic rings. The average Bonchev–Trinajstić information content (AvgIpc) is 2.18. The molecule has 0 aliphatic carbocycles. The third-order valence-corrected chi connectivity index (χ3v) is 2.51. The third-order valence-electron chi connectivity index (χ3n) is 2.51. The van der Waals surface area contributed by atoms with Crippen molar-refractivity contribution in [2.75, 3.05) is 13.2 Å². The first-order valence-electron chi connectivity index (χ1n) is 6.00. The highest BCUT2D eigenvalue weighted by atomic mass is 16.5. The van der Waals surface area contributed by atoms with E-state index in [1.165, 1.54) is 0 Å². The van der Waals surface area contributed by atoms with Gasteiger partial charge in [-0.05, 0) is 18.8 Å². The first-order chi connectivity index (χ1) is 7.11. The monoisotopic (exact) mass is 215 g/mol. The maximum atomic E-state index is 11.3. The zero-order valence-corrected chi connectivity index (χ0v) is 10.5. The third kappa shape index (κ3) is 7.37. The predicted molar refractivity (Wildman–Crippen MR) is 62.8 cm³/mol. The van der Waals surface area contributed by atoms with E-state index in [9.17, 15) is 4.79 Å². The number of nitrogens with one attached hydrogen (secondary N) is 1. The fourth-order valence-electron chi connectivity index (χ4n) is 1.45. The summed E-state index contributed by atoms with van der Waals surface area (Å²) in [5.41, 5.74) is 0. The van der Waals surface area contributed by atoms with Gasteiger partial charge >= 0.3 is 5.97 Å². The Morgan fingerprint density at radius 2 is 2.00 bits per heavy atom. The molecular weight excluding hydrogens is 190 g/mol. The van der Waals surface area contributed by atoms with Gasteiger partial charge < -0.3 is 10.1 Å². The highest BCUT2D eigenvalue weighted by Crippen LogP contribution is 2.04. The van der Waals surface area contributed by atoms with Crippen LogP contribution in [0.15, 0.2) is 0 Å². The summed E-state index contributed by atoms with van der Waals surface area (Å²) in [6, 6.07) is 0.406. The van der Waals surface area contributed by atoms with Crippen LogP contribution in [0, 0.1) is 5.92 Å². The Kier molecular flexibility index (Phi) is 8.38. The van der Waals surface area contributed by atoms with E-state index in [2.05, 4.69) is 33.0 Å². The molecule has 0 saturated heterocycles. The topological polar surface area (TPSA) is 38.3 Å². The molecule has 90 valence electrons. The van der Waals surface area contributed by atoms with E-state index in [-0.39, 0.29) is 5.97 Å². The normalized spacial score (nSPS) is 12.9. The maximum absolute atomic E-state index is 11.3. The highest BCUT2D eigenvalue weighted by molar-refractivity contribution is 5.71. The smallest absolute Gasteiger partial charge is 0.319 e. The van der Waals surface area contributed by atoms with Gasteiger partial charge in [0.05, 0.1) is 13.2 Å². The van der Waals surface area contributed by atoms with Gasteiger partial charge in [-0.15, -0.1) is 0 Å². The number of ether oxygens (including phenoxy) is 1. The maximum Gasteiger partial charge on any atom is 0.319 e. The quantitative estimate of drug-likeness (QED) is 0.499. The summed E-state index contributed by atoms with van der Waals surface area (Å²) in [5, 5.41) is 3.22. The summed E-state index contributed by atoms with van der Waals surface area (Å²) in [7, 11) is 0. The van der Waals surface area contributed by atoms with Crippen LogP contribution in [0.4, 0.5) is 0 Å². The lowest BCUT2D eigenvalue weighted by Crippen LogP contribution is -2.37. The van der Waals surface area contributed by atoms with E-state index < -0.39 is 0 Å². The highest BCUT2D eigenvalue weighted by Gasteiger charge is 2.12. The molecule has 0 aromatic heterocycles. The van der Waals surface area contributed by atoms with E-state index in [4.69, 9.17) is 4.74 Å². The van der Waals surface area contributed by atoms with E-state index in [1.54, 1.807) is 0 Å². The average molecular weight is 215 g/mol. The fraction of sp³-hybridized carbons (Fsp3) is 0.917. The summed E-state index contributed by atoms with van der Waals surface area (Å²) in [6.45, 7) is 9.40. The van der Waals surface area contributed by atoms with Crippen LogP contribution < -0.4 is 5.32 Å². The second-order valence-electron chi connectivity index (χ2n) is 4.21. The summed E-state index contributed by atoms with van der Waals surface area (Å²) in [4.78, 5) is 11.3. The lowest BCUT2D eigenvalue weighted by Gasteiger charge is -2.20. The van der Waals surface area contributed by atoms with Crippen molar-refractivity contribution in [3.8, 4) is 0 Å². The first-order valence-corrected chi connectivity index (χ1v) is 6.00. The Morgan fingerprint density at radius 1 is 1.33 bits per heavy atom. The van der Waals surface area contributed by atoms with Crippen molar-refractivity contribution in [3.05, 3.63) is 0 Å². The SMILES string of the molecule is CCCCOC(=O)CNC(CC)C(C)C. The molecule has 1 unspecified atom stereocenters. The van der Waals surface area contributed by atoms with Crippen LogP contribution in [0.25, 0.3) is 0 Å². The lowest BCUT2D eigenvalue weighted by molar-refractivity contribution is -0.142. The molecule has 0 radical (unpaired) electrons. The zero-order valence-electron chi connectivity index (χ0n) is 10.5. The zero-order chi connectivity index (χ0) is 11.7. The van der Waals surface area contributed by atoms with Gasteiger partial charge in [-0.3, -0.25) is 4.79 Å². The van der Waals surface area contributed by atoms with Crippen LogP contribution in [0.1, 0.15) is 47.0 Å². The van der Waals surface area contributed by atoms with Crippen LogP contribution >= 0.6 is 0 Å². The Labute approximate surface area is 93.6 Å². The summed E-state index contributed by atoms with van der Waals surface area (Å²) in [5.74, 6) is 0.418. The summed E-state index contributed by atoms with van der Waals surface area (Å²) >= 11 is 0. The molecule has 1 atom stereocenters. The minimum atomic E-state index is -0.137. The van der Waals surface area contributed by atoms with Crippen molar-refractivity contribution < 1.29 is 9.53 Å². The first kappa shape index (κ1) is 14.4. The molecule has 0 saturated carbocycles. The fourth-order valence-corrected chi connectivity index (χ4v) is 1.45. The molecule has 0 fully saturated rings. The number of rotatable bonds is 8. The minimum absolute atomic E-state index is 0.137. The molecule has 0 rings (SSSR count).